The van der Waals surface area contributed by atoms with Gasteiger partial charge in [0.05, 0.1) is 23.3 Å². The van der Waals surface area contributed by atoms with Crippen molar-refractivity contribution in [2.45, 2.75) is 37.1 Å². The molecule has 180 valence electrons. The van der Waals surface area contributed by atoms with Crippen molar-refractivity contribution in [3.63, 3.8) is 0 Å². The summed E-state index contributed by atoms with van der Waals surface area (Å²) in [4.78, 5) is 14.6. The Morgan fingerprint density at radius 1 is 1.12 bits per heavy atom. The molecule has 10 heteroatoms. The van der Waals surface area contributed by atoms with Crippen LogP contribution in [0.1, 0.15) is 29.9 Å². The normalized spacial score (nSPS) is 24.9. The standard InChI is InChI=1S/C24H24F3N3O4/c1-29-11-13-8-16(34-15-4-2-14(3-5-15)24(25,26)27)9-18(22(13)28-29)17-10-19(17)23(33)30-7-6-20(31)21(32)12-30/h2-5,8-9,11,17,19-21,31-32H,6-7,10,12H2,1H3/t17-,19+,20-,21-/m1/s1. The molecule has 0 spiro atoms. The van der Waals surface area contributed by atoms with E-state index in [0.717, 1.165) is 28.6 Å². The number of ether oxygens (including phenoxy) is 1. The zero-order valence-electron chi connectivity index (χ0n) is 18.4. The van der Waals surface area contributed by atoms with Crippen molar-refractivity contribution in [2.24, 2.45) is 13.0 Å². The summed E-state index contributed by atoms with van der Waals surface area (Å²) in [6.45, 7) is 0.510. The van der Waals surface area contributed by atoms with Crippen LogP contribution < -0.4 is 4.74 Å². The summed E-state index contributed by atoms with van der Waals surface area (Å²) in [5, 5.41) is 25.0. The van der Waals surface area contributed by atoms with E-state index >= 15 is 0 Å². The Bertz CT molecular complexity index is 1220. The lowest BCUT2D eigenvalue weighted by Crippen LogP contribution is -2.49. The molecule has 2 fully saturated rings. The smallest absolute Gasteiger partial charge is 0.416 e. The zero-order chi connectivity index (χ0) is 24.2. The van der Waals surface area contributed by atoms with E-state index in [1.54, 1.807) is 28.8 Å². The van der Waals surface area contributed by atoms with Gasteiger partial charge >= 0.3 is 6.18 Å². The highest BCUT2D eigenvalue weighted by Crippen LogP contribution is 2.51. The van der Waals surface area contributed by atoms with Gasteiger partial charge in [-0.05, 0) is 60.7 Å². The number of hydrogen-bond donors (Lipinski definition) is 2. The summed E-state index contributed by atoms with van der Waals surface area (Å²) in [5.74, 6) is 0.324. The third-order valence-corrected chi connectivity index (χ3v) is 6.51. The fourth-order valence-corrected chi connectivity index (χ4v) is 4.61. The Morgan fingerprint density at radius 2 is 1.85 bits per heavy atom. The minimum Gasteiger partial charge on any atom is -0.457 e. The summed E-state index contributed by atoms with van der Waals surface area (Å²) in [6.07, 6.45) is -3.39. The third kappa shape index (κ3) is 4.35. The van der Waals surface area contributed by atoms with Crippen LogP contribution in [0.3, 0.4) is 0 Å². The van der Waals surface area contributed by atoms with Gasteiger partial charge in [-0.3, -0.25) is 9.48 Å². The third-order valence-electron chi connectivity index (χ3n) is 6.51. The lowest BCUT2D eigenvalue weighted by atomic mass is 10.0. The Hall–Kier alpha value is -3.11. The van der Waals surface area contributed by atoms with Crippen LogP contribution in [0.15, 0.2) is 42.6 Å². The molecule has 4 atom stereocenters. The predicted octanol–water partition coefficient (Wildman–Crippen LogP) is 3.44. The van der Waals surface area contributed by atoms with Gasteiger partial charge in [0.25, 0.3) is 0 Å². The average Bonchev–Trinajstić information content (AvgIpc) is 3.48. The number of amides is 1. The number of aryl methyl sites for hydroxylation is 1. The highest BCUT2D eigenvalue weighted by atomic mass is 19.4. The van der Waals surface area contributed by atoms with Crippen LogP contribution in [0.5, 0.6) is 11.5 Å². The monoisotopic (exact) mass is 475 g/mol. The largest absolute Gasteiger partial charge is 0.457 e. The van der Waals surface area contributed by atoms with Gasteiger partial charge in [-0.2, -0.15) is 18.3 Å². The number of nitrogens with zero attached hydrogens (tertiary/aromatic N) is 3. The number of benzene rings is 2. The second-order valence-electron chi connectivity index (χ2n) is 9.03. The van der Waals surface area contributed by atoms with Gasteiger partial charge in [0.2, 0.25) is 5.91 Å². The number of fused-ring (bicyclic) bond motifs is 1. The van der Waals surface area contributed by atoms with Crippen LogP contribution in [-0.4, -0.2) is 56.1 Å². The van der Waals surface area contributed by atoms with Gasteiger partial charge in [-0.15, -0.1) is 0 Å². The lowest BCUT2D eigenvalue weighted by molar-refractivity contribution is -0.139. The van der Waals surface area contributed by atoms with E-state index in [1.165, 1.54) is 12.1 Å². The first kappa shape index (κ1) is 22.7. The molecule has 2 heterocycles. The summed E-state index contributed by atoms with van der Waals surface area (Å²) in [5.41, 5.74) is 0.838. The van der Waals surface area contributed by atoms with E-state index in [9.17, 15) is 28.2 Å². The molecule has 1 aromatic heterocycles. The van der Waals surface area contributed by atoms with Gasteiger partial charge in [-0.25, -0.2) is 0 Å². The molecule has 2 aliphatic rings. The molecule has 1 amide bonds. The number of rotatable bonds is 4. The highest BCUT2D eigenvalue weighted by molar-refractivity contribution is 5.88. The van der Waals surface area contributed by atoms with E-state index in [1.807, 2.05) is 6.20 Å². The quantitative estimate of drug-likeness (QED) is 0.604. The van der Waals surface area contributed by atoms with Crippen LogP contribution in [0.2, 0.25) is 0 Å². The number of piperidine rings is 1. The fourth-order valence-electron chi connectivity index (χ4n) is 4.61. The minimum absolute atomic E-state index is 0.0610. The van der Waals surface area contributed by atoms with E-state index in [2.05, 4.69) is 5.10 Å². The number of hydrogen-bond acceptors (Lipinski definition) is 5. The lowest BCUT2D eigenvalue weighted by Gasteiger charge is -2.33. The van der Waals surface area contributed by atoms with Crippen LogP contribution in [0, 0.1) is 5.92 Å². The maximum absolute atomic E-state index is 13.0. The van der Waals surface area contributed by atoms with Crippen LogP contribution in [-0.2, 0) is 18.0 Å². The van der Waals surface area contributed by atoms with Crippen molar-refractivity contribution in [1.82, 2.24) is 14.7 Å². The van der Waals surface area contributed by atoms with Crippen LogP contribution >= 0.6 is 0 Å². The molecule has 3 aromatic rings. The molecular weight excluding hydrogens is 451 g/mol. The first-order valence-corrected chi connectivity index (χ1v) is 11.1. The van der Waals surface area contributed by atoms with Gasteiger partial charge in [0.1, 0.15) is 11.5 Å². The van der Waals surface area contributed by atoms with E-state index < -0.39 is 23.9 Å². The van der Waals surface area contributed by atoms with Crippen molar-refractivity contribution in [3.8, 4) is 11.5 Å². The zero-order valence-corrected chi connectivity index (χ0v) is 18.4. The molecule has 7 nitrogen and oxygen atoms in total. The molecule has 2 N–H and O–H groups in total. The second kappa shape index (κ2) is 8.28. The van der Waals surface area contributed by atoms with Gasteiger partial charge < -0.3 is 19.8 Å². The summed E-state index contributed by atoms with van der Waals surface area (Å²) >= 11 is 0. The highest BCUT2D eigenvalue weighted by Gasteiger charge is 2.48. The van der Waals surface area contributed by atoms with Crippen molar-refractivity contribution < 1.29 is 32.9 Å². The fraction of sp³-hybridized carbons (Fsp3) is 0.417. The van der Waals surface area contributed by atoms with E-state index in [4.69, 9.17) is 4.74 Å². The summed E-state index contributed by atoms with van der Waals surface area (Å²) in [6, 6.07) is 8.05. The molecular formula is C24H24F3N3O4. The van der Waals surface area contributed by atoms with E-state index in [-0.39, 0.29) is 30.0 Å². The van der Waals surface area contributed by atoms with Crippen LogP contribution in [0.4, 0.5) is 13.2 Å². The number of β-amino-alcohol motifs (C(OH)–C–C–N with tert-alkyl or cyclic N) is 1. The number of likely N-dealkylation sites (tertiary alicyclic amines) is 1. The molecule has 1 aliphatic carbocycles. The number of aromatic nitrogens is 2. The molecule has 5 rings (SSSR count). The molecule has 1 aliphatic heterocycles. The van der Waals surface area contributed by atoms with Crippen molar-refractivity contribution in [3.05, 3.63) is 53.7 Å². The number of carbonyl (C=O) groups excluding carboxylic acids is 1. The van der Waals surface area contributed by atoms with Gasteiger partial charge in [0.15, 0.2) is 0 Å². The van der Waals surface area contributed by atoms with Crippen molar-refractivity contribution in [2.75, 3.05) is 13.1 Å². The minimum atomic E-state index is -4.42. The Labute approximate surface area is 193 Å². The molecule has 0 bridgehead atoms. The molecule has 0 radical (unpaired) electrons. The van der Waals surface area contributed by atoms with Crippen LogP contribution in [0.25, 0.3) is 10.9 Å². The molecule has 1 saturated heterocycles. The van der Waals surface area contributed by atoms with Gasteiger partial charge in [-0.1, -0.05) is 0 Å². The summed E-state index contributed by atoms with van der Waals surface area (Å²) in [7, 11) is 1.79. The maximum Gasteiger partial charge on any atom is 0.416 e. The predicted molar refractivity (Wildman–Crippen MR) is 116 cm³/mol. The number of aliphatic hydroxyl groups is 2. The number of alkyl halides is 3. The Kier molecular flexibility index (Phi) is 5.52. The van der Waals surface area contributed by atoms with Gasteiger partial charge in [0, 0.05) is 37.6 Å². The molecule has 34 heavy (non-hydrogen) atoms. The summed E-state index contributed by atoms with van der Waals surface area (Å²) < 4.78 is 46.0. The Morgan fingerprint density at radius 3 is 2.53 bits per heavy atom. The topological polar surface area (TPSA) is 87.8 Å². The molecule has 2 aromatic carbocycles. The first-order valence-electron chi connectivity index (χ1n) is 11.1. The number of carbonyl (C=O) groups is 1. The molecule has 1 saturated carbocycles. The average molecular weight is 475 g/mol. The van der Waals surface area contributed by atoms with Crippen molar-refractivity contribution >= 4 is 16.8 Å². The number of aliphatic hydroxyl groups excluding tert-OH is 2. The first-order chi connectivity index (χ1) is 16.1. The second-order valence-corrected chi connectivity index (χ2v) is 9.03. The maximum atomic E-state index is 13.0. The Balaban J connectivity index is 1.38. The van der Waals surface area contributed by atoms with E-state index in [0.29, 0.717) is 25.1 Å². The van der Waals surface area contributed by atoms with Crippen molar-refractivity contribution in [1.29, 1.82) is 0 Å². The SMILES string of the molecule is Cn1cc2cc(Oc3ccc(C(F)(F)F)cc3)cc([C@H]3C[C@@H]3C(=O)N3CC[C@@H](O)[C@H](O)C3)c2n1. The number of halogens is 3. The molecule has 0 unspecified atom stereocenters.